The highest BCUT2D eigenvalue weighted by Gasteiger charge is 2.39. The summed E-state index contributed by atoms with van der Waals surface area (Å²) in [5, 5.41) is 10.8. The average molecular weight is 305 g/mol. The van der Waals surface area contributed by atoms with E-state index in [1.165, 1.54) is 6.26 Å². The lowest BCUT2D eigenvalue weighted by Gasteiger charge is -2.42. The number of aliphatic hydroxyl groups is 1. The molecule has 0 aliphatic carbocycles. The molecule has 3 atom stereocenters. The Hall–Kier alpha value is -0.170. The second kappa shape index (κ2) is 5.91. The Morgan fingerprint density at radius 1 is 1.30 bits per heavy atom. The van der Waals surface area contributed by atoms with Crippen molar-refractivity contribution < 1.29 is 18.3 Å². The van der Waals surface area contributed by atoms with Crippen molar-refractivity contribution in [2.45, 2.75) is 63.8 Å². The molecular formula is C14H27NO4S. The minimum atomic E-state index is -3.11. The average Bonchev–Trinajstić information content (AvgIpc) is 2.25. The fraction of sp³-hybridized carbons (Fsp3) is 1.00. The van der Waals surface area contributed by atoms with Crippen LogP contribution in [0.5, 0.6) is 0 Å². The molecule has 5 nitrogen and oxygen atoms in total. The first kappa shape index (κ1) is 16.2. The van der Waals surface area contributed by atoms with Crippen molar-refractivity contribution in [3.05, 3.63) is 0 Å². The summed E-state index contributed by atoms with van der Waals surface area (Å²) in [7, 11) is -3.11. The van der Waals surface area contributed by atoms with Gasteiger partial charge in [-0.15, -0.1) is 0 Å². The molecule has 2 saturated heterocycles. The van der Waals surface area contributed by atoms with Crippen LogP contribution in [-0.4, -0.2) is 55.0 Å². The fourth-order valence-electron chi connectivity index (χ4n) is 3.85. The third-order valence-electron chi connectivity index (χ3n) is 4.42. The number of nitrogens with zero attached hydrogens (tertiary/aromatic N) is 1. The number of hydrogen-bond acceptors (Lipinski definition) is 4. The lowest BCUT2D eigenvalue weighted by Crippen LogP contribution is -2.47. The van der Waals surface area contributed by atoms with Crippen LogP contribution >= 0.6 is 0 Å². The van der Waals surface area contributed by atoms with E-state index in [2.05, 4.69) is 0 Å². The molecule has 0 aromatic heterocycles. The number of hydrogen-bond donors (Lipinski definition) is 1. The first-order valence-electron chi connectivity index (χ1n) is 7.51. The van der Waals surface area contributed by atoms with Gasteiger partial charge in [-0.25, -0.2) is 12.7 Å². The van der Waals surface area contributed by atoms with E-state index in [-0.39, 0.29) is 18.1 Å². The van der Waals surface area contributed by atoms with Gasteiger partial charge in [0.05, 0.1) is 24.1 Å². The number of sulfonamides is 1. The Kier molecular flexibility index (Phi) is 4.79. The molecule has 0 amide bonds. The van der Waals surface area contributed by atoms with E-state index in [9.17, 15) is 13.5 Å². The number of rotatable bonds is 3. The van der Waals surface area contributed by atoms with E-state index >= 15 is 0 Å². The van der Waals surface area contributed by atoms with Gasteiger partial charge in [-0.2, -0.15) is 0 Å². The van der Waals surface area contributed by atoms with Crippen molar-refractivity contribution >= 4 is 10.0 Å². The Morgan fingerprint density at radius 2 is 1.90 bits per heavy atom. The highest BCUT2D eigenvalue weighted by molar-refractivity contribution is 7.88. The SMILES string of the molecule is CC1CC(O)(CC2CCCN(S(C)(=O)=O)C2)CC(C)O1. The summed E-state index contributed by atoms with van der Waals surface area (Å²) < 4.78 is 30.5. The zero-order chi connectivity index (χ0) is 15.0. The summed E-state index contributed by atoms with van der Waals surface area (Å²) in [6.45, 7) is 5.14. The molecule has 1 N–H and O–H groups in total. The van der Waals surface area contributed by atoms with Gasteiger partial charge in [0.2, 0.25) is 10.0 Å². The molecule has 0 saturated carbocycles. The summed E-state index contributed by atoms with van der Waals surface area (Å²) in [6.07, 6.45) is 5.25. The molecule has 20 heavy (non-hydrogen) atoms. The zero-order valence-electron chi connectivity index (χ0n) is 12.7. The fourth-order valence-corrected chi connectivity index (χ4v) is 4.79. The molecule has 2 heterocycles. The van der Waals surface area contributed by atoms with Gasteiger partial charge in [0.15, 0.2) is 0 Å². The van der Waals surface area contributed by atoms with Crippen LogP contribution in [-0.2, 0) is 14.8 Å². The molecule has 0 spiro atoms. The summed E-state index contributed by atoms with van der Waals surface area (Å²) in [4.78, 5) is 0. The van der Waals surface area contributed by atoms with E-state index < -0.39 is 15.6 Å². The summed E-state index contributed by atoms with van der Waals surface area (Å²) >= 11 is 0. The zero-order valence-corrected chi connectivity index (χ0v) is 13.5. The van der Waals surface area contributed by atoms with Crippen LogP contribution in [0.15, 0.2) is 0 Å². The van der Waals surface area contributed by atoms with Gasteiger partial charge in [-0.05, 0) is 39.0 Å². The third kappa shape index (κ3) is 4.16. The molecule has 0 radical (unpaired) electrons. The maximum Gasteiger partial charge on any atom is 0.211 e. The highest BCUT2D eigenvalue weighted by atomic mass is 32.2. The van der Waals surface area contributed by atoms with Crippen molar-refractivity contribution in [1.29, 1.82) is 0 Å². The Balaban J connectivity index is 1.98. The lowest BCUT2D eigenvalue weighted by molar-refractivity contribution is -0.140. The van der Waals surface area contributed by atoms with Crippen molar-refractivity contribution in [2.75, 3.05) is 19.3 Å². The number of ether oxygens (including phenoxy) is 1. The van der Waals surface area contributed by atoms with Crippen LogP contribution in [0.3, 0.4) is 0 Å². The van der Waals surface area contributed by atoms with E-state index in [0.29, 0.717) is 32.4 Å². The van der Waals surface area contributed by atoms with Gasteiger partial charge in [-0.3, -0.25) is 0 Å². The maximum absolute atomic E-state index is 11.7. The van der Waals surface area contributed by atoms with E-state index in [0.717, 1.165) is 12.8 Å². The lowest BCUT2D eigenvalue weighted by atomic mass is 9.78. The van der Waals surface area contributed by atoms with Gasteiger partial charge < -0.3 is 9.84 Å². The largest absolute Gasteiger partial charge is 0.390 e. The molecular weight excluding hydrogens is 278 g/mol. The molecule has 2 aliphatic heterocycles. The third-order valence-corrected chi connectivity index (χ3v) is 5.69. The molecule has 118 valence electrons. The molecule has 0 aromatic carbocycles. The Morgan fingerprint density at radius 3 is 2.45 bits per heavy atom. The smallest absolute Gasteiger partial charge is 0.211 e. The molecule has 2 aliphatic rings. The molecule has 3 unspecified atom stereocenters. The van der Waals surface area contributed by atoms with Crippen LogP contribution in [0, 0.1) is 5.92 Å². The summed E-state index contributed by atoms with van der Waals surface area (Å²) in [6, 6.07) is 0. The topological polar surface area (TPSA) is 66.8 Å². The monoisotopic (exact) mass is 305 g/mol. The van der Waals surface area contributed by atoms with Crippen molar-refractivity contribution in [3.8, 4) is 0 Å². The van der Waals surface area contributed by atoms with Gasteiger partial charge in [0.1, 0.15) is 0 Å². The first-order valence-corrected chi connectivity index (χ1v) is 9.36. The predicted molar refractivity (Wildman–Crippen MR) is 78.0 cm³/mol. The van der Waals surface area contributed by atoms with Crippen molar-refractivity contribution in [2.24, 2.45) is 5.92 Å². The van der Waals surface area contributed by atoms with Crippen molar-refractivity contribution in [1.82, 2.24) is 4.31 Å². The van der Waals surface area contributed by atoms with Crippen LogP contribution < -0.4 is 0 Å². The number of piperidine rings is 1. The van der Waals surface area contributed by atoms with Crippen LogP contribution in [0.2, 0.25) is 0 Å². The van der Waals surface area contributed by atoms with Gasteiger partial charge >= 0.3 is 0 Å². The van der Waals surface area contributed by atoms with Crippen LogP contribution in [0.1, 0.15) is 46.0 Å². The quantitative estimate of drug-likeness (QED) is 0.855. The molecule has 0 aromatic rings. The van der Waals surface area contributed by atoms with E-state index in [1.807, 2.05) is 13.8 Å². The van der Waals surface area contributed by atoms with E-state index in [4.69, 9.17) is 4.74 Å². The minimum Gasteiger partial charge on any atom is -0.390 e. The first-order chi connectivity index (χ1) is 9.18. The standard InChI is InChI=1S/C14H27NO4S/c1-11-7-14(16,8-12(2)19-11)9-13-5-4-6-15(10-13)20(3,17)18/h11-13,16H,4-10H2,1-3H3. The molecule has 2 rings (SSSR count). The molecule has 2 fully saturated rings. The summed E-state index contributed by atoms with van der Waals surface area (Å²) in [5.41, 5.74) is -0.706. The van der Waals surface area contributed by atoms with Crippen LogP contribution in [0.4, 0.5) is 0 Å². The van der Waals surface area contributed by atoms with Crippen LogP contribution in [0.25, 0.3) is 0 Å². The Bertz CT molecular complexity index is 426. The van der Waals surface area contributed by atoms with E-state index in [1.54, 1.807) is 4.31 Å². The normalized spacial score (nSPS) is 40.7. The molecule has 6 heteroatoms. The second-order valence-electron chi connectivity index (χ2n) is 6.72. The molecule has 0 bridgehead atoms. The Labute approximate surface area is 122 Å². The van der Waals surface area contributed by atoms with Gasteiger partial charge in [-0.1, -0.05) is 0 Å². The highest BCUT2D eigenvalue weighted by Crippen LogP contribution is 2.36. The second-order valence-corrected chi connectivity index (χ2v) is 8.71. The maximum atomic E-state index is 11.7. The predicted octanol–water partition coefficient (Wildman–Crippen LogP) is 1.37. The van der Waals surface area contributed by atoms with Gasteiger partial charge in [0, 0.05) is 25.9 Å². The minimum absolute atomic E-state index is 0.0679. The van der Waals surface area contributed by atoms with Crippen molar-refractivity contribution in [3.63, 3.8) is 0 Å². The summed E-state index contributed by atoms with van der Waals surface area (Å²) in [5.74, 6) is 0.251. The van der Waals surface area contributed by atoms with Gasteiger partial charge in [0.25, 0.3) is 0 Å².